The number of esters is 1. The lowest BCUT2D eigenvalue weighted by Gasteiger charge is -2.04. The van der Waals surface area contributed by atoms with Crippen LogP contribution >= 0.6 is 27.5 Å². The Morgan fingerprint density at radius 1 is 1.57 bits per heavy atom. The molecule has 0 fully saturated rings. The zero-order chi connectivity index (χ0) is 10.7. The maximum absolute atomic E-state index is 12.3. The van der Waals surface area contributed by atoms with E-state index in [0.717, 1.165) is 0 Å². The van der Waals surface area contributed by atoms with Crippen molar-refractivity contribution >= 4 is 33.5 Å². The summed E-state index contributed by atoms with van der Waals surface area (Å²) in [6.45, 7) is 2.82. The molecule has 14 heavy (non-hydrogen) atoms. The highest BCUT2D eigenvalue weighted by molar-refractivity contribution is 9.10. The van der Waals surface area contributed by atoms with E-state index >= 15 is 0 Å². The predicted molar refractivity (Wildman–Crippen MR) is 55.0 cm³/mol. The second-order valence-electron chi connectivity index (χ2n) is 2.37. The molecule has 0 amide bonds. The minimum Gasteiger partial charge on any atom is -0.420 e. The number of hydrogen-bond donors (Lipinski definition) is 0. The highest BCUT2D eigenvalue weighted by atomic mass is 79.9. The maximum Gasteiger partial charge on any atom is 0.371 e. The van der Waals surface area contributed by atoms with E-state index in [0.29, 0.717) is 9.50 Å². The van der Waals surface area contributed by atoms with E-state index in [2.05, 4.69) is 27.2 Å². The standard InChI is InChI=1S/C9H5BrClFO2/c1-5(12)9(13)14-8-3-2-6(11)4-7(8)10/h2-4H,1H2. The average Bonchev–Trinajstić information content (AvgIpc) is 2.09. The lowest BCUT2D eigenvalue weighted by molar-refractivity contribution is -0.131. The van der Waals surface area contributed by atoms with Crippen molar-refractivity contribution in [3.63, 3.8) is 0 Å². The first kappa shape index (κ1) is 11.2. The van der Waals surface area contributed by atoms with E-state index in [4.69, 9.17) is 11.6 Å². The predicted octanol–water partition coefficient (Wildman–Crippen LogP) is 3.49. The van der Waals surface area contributed by atoms with Crippen LogP contribution in [0, 0.1) is 0 Å². The summed E-state index contributed by atoms with van der Waals surface area (Å²) in [5, 5.41) is 0.482. The summed E-state index contributed by atoms with van der Waals surface area (Å²) >= 11 is 8.76. The van der Waals surface area contributed by atoms with Crippen molar-refractivity contribution in [3.05, 3.63) is 40.1 Å². The molecule has 1 aromatic rings. The number of carbonyl (C=O) groups excluding carboxylic acids is 1. The smallest absolute Gasteiger partial charge is 0.371 e. The fourth-order valence-electron chi connectivity index (χ4n) is 0.713. The summed E-state index contributed by atoms with van der Waals surface area (Å²) in [7, 11) is 0. The molecule has 0 aliphatic rings. The molecule has 0 aliphatic heterocycles. The molecule has 1 aromatic carbocycles. The Bertz CT molecular complexity index is 392. The molecule has 0 aromatic heterocycles. The first-order valence-corrected chi connectivity index (χ1v) is 4.69. The molecule has 0 radical (unpaired) electrons. The SMILES string of the molecule is C=C(F)C(=O)Oc1ccc(Cl)cc1Br. The molecule has 0 heterocycles. The first-order valence-electron chi connectivity index (χ1n) is 3.52. The van der Waals surface area contributed by atoms with E-state index in [1.165, 1.54) is 18.2 Å². The zero-order valence-corrected chi connectivity index (χ0v) is 9.23. The lowest BCUT2D eigenvalue weighted by atomic mass is 10.3. The molecular weight excluding hydrogens is 274 g/mol. The third-order valence-corrected chi connectivity index (χ3v) is 2.17. The third-order valence-electron chi connectivity index (χ3n) is 1.32. The molecule has 0 N–H and O–H groups in total. The molecule has 0 atom stereocenters. The van der Waals surface area contributed by atoms with Crippen LogP contribution in [-0.4, -0.2) is 5.97 Å². The fraction of sp³-hybridized carbons (Fsp3) is 0. The maximum atomic E-state index is 12.3. The Kier molecular flexibility index (Phi) is 3.66. The summed E-state index contributed by atoms with van der Waals surface area (Å²) in [6, 6.07) is 4.51. The molecular formula is C9H5BrClFO2. The van der Waals surface area contributed by atoms with Gasteiger partial charge in [-0.3, -0.25) is 0 Å². The Labute approximate surface area is 93.4 Å². The van der Waals surface area contributed by atoms with E-state index in [-0.39, 0.29) is 5.75 Å². The summed E-state index contributed by atoms with van der Waals surface area (Å²) in [5.41, 5.74) is 0. The van der Waals surface area contributed by atoms with Crippen LogP contribution in [0.15, 0.2) is 35.1 Å². The molecule has 0 saturated carbocycles. The van der Waals surface area contributed by atoms with Gasteiger partial charge in [0.05, 0.1) is 4.47 Å². The highest BCUT2D eigenvalue weighted by Gasteiger charge is 2.11. The molecule has 2 nitrogen and oxygen atoms in total. The monoisotopic (exact) mass is 278 g/mol. The van der Waals surface area contributed by atoms with Gasteiger partial charge in [0.25, 0.3) is 0 Å². The van der Waals surface area contributed by atoms with Gasteiger partial charge in [-0.15, -0.1) is 0 Å². The molecule has 0 saturated heterocycles. The van der Waals surface area contributed by atoms with Gasteiger partial charge in [-0.25, -0.2) is 4.79 Å². The van der Waals surface area contributed by atoms with Crippen LogP contribution in [-0.2, 0) is 4.79 Å². The third kappa shape index (κ3) is 2.82. The number of ether oxygens (including phenoxy) is 1. The summed E-state index contributed by atoms with van der Waals surface area (Å²) < 4.78 is 17.4. The van der Waals surface area contributed by atoms with Crippen LogP contribution in [0.2, 0.25) is 5.02 Å². The van der Waals surface area contributed by atoms with Crippen LogP contribution in [0.1, 0.15) is 0 Å². The van der Waals surface area contributed by atoms with Crippen molar-refractivity contribution in [2.75, 3.05) is 0 Å². The minimum atomic E-state index is -1.15. The Morgan fingerprint density at radius 3 is 2.71 bits per heavy atom. The van der Waals surface area contributed by atoms with Gasteiger partial charge in [-0.1, -0.05) is 18.2 Å². The second-order valence-corrected chi connectivity index (χ2v) is 3.66. The average molecular weight is 279 g/mol. The molecule has 1 rings (SSSR count). The largest absolute Gasteiger partial charge is 0.420 e. The van der Waals surface area contributed by atoms with Crippen LogP contribution in [0.5, 0.6) is 5.75 Å². The van der Waals surface area contributed by atoms with Gasteiger partial charge in [0.1, 0.15) is 5.75 Å². The molecule has 0 unspecified atom stereocenters. The number of benzene rings is 1. The highest BCUT2D eigenvalue weighted by Crippen LogP contribution is 2.28. The van der Waals surface area contributed by atoms with Gasteiger partial charge in [0.2, 0.25) is 5.83 Å². The van der Waals surface area contributed by atoms with Crippen molar-refractivity contribution in [1.29, 1.82) is 0 Å². The number of rotatable bonds is 2. The van der Waals surface area contributed by atoms with Crippen molar-refractivity contribution in [2.45, 2.75) is 0 Å². The number of halogens is 3. The van der Waals surface area contributed by atoms with Crippen molar-refractivity contribution < 1.29 is 13.9 Å². The van der Waals surface area contributed by atoms with Gasteiger partial charge < -0.3 is 4.74 Å². The van der Waals surface area contributed by atoms with Crippen LogP contribution in [0.3, 0.4) is 0 Å². The lowest BCUT2D eigenvalue weighted by Crippen LogP contribution is -2.07. The number of hydrogen-bond acceptors (Lipinski definition) is 2. The van der Waals surface area contributed by atoms with Crippen LogP contribution < -0.4 is 4.74 Å². The van der Waals surface area contributed by atoms with Gasteiger partial charge in [-0.2, -0.15) is 4.39 Å². The molecule has 5 heteroatoms. The zero-order valence-electron chi connectivity index (χ0n) is 6.89. The summed E-state index contributed by atoms with van der Waals surface area (Å²) in [4.78, 5) is 10.8. The Hall–Kier alpha value is -0.870. The molecule has 0 spiro atoms. The van der Waals surface area contributed by atoms with E-state index < -0.39 is 11.8 Å². The van der Waals surface area contributed by atoms with Crippen LogP contribution in [0.4, 0.5) is 4.39 Å². The van der Waals surface area contributed by atoms with E-state index in [1.54, 1.807) is 0 Å². The topological polar surface area (TPSA) is 26.3 Å². The van der Waals surface area contributed by atoms with Gasteiger partial charge in [-0.05, 0) is 34.1 Å². The van der Waals surface area contributed by atoms with Crippen molar-refractivity contribution in [3.8, 4) is 5.75 Å². The quantitative estimate of drug-likeness (QED) is 0.470. The van der Waals surface area contributed by atoms with Crippen molar-refractivity contribution in [1.82, 2.24) is 0 Å². The van der Waals surface area contributed by atoms with Crippen molar-refractivity contribution in [2.24, 2.45) is 0 Å². The first-order chi connectivity index (χ1) is 6.50. The summed E-state index contributed by atoms with van der Waals surface area (Å²) in [6.07, 6.45) is 0. The molecule has 0 bridgehead atoms. The van der Waals surface area contributed by atoms with Gasteiger partial charge >= 0.3 is 5.97 Å². The number of carbonyl (C=O) groups is 1. The van der Waals surface area contributed by atoms with E-state index in [9.17, 15) is 9.18 Å². The Morgan fingerprint density at radius 2 is 2.21 bits per heavy atom. The molecule has 0 aliphatic carbocycles. The van der Waals surface area contributed by atoms with E-state index in [1.807, 2.05) is 0 Å². The molecule has 74 valence electrons. The Balaban J connectivity index is 2.87. The minimum absolute atomic E-state index is 0.193. The second kappa shape index (κ2) is 4.57. The fourth-order valence-corrected chi connectivity index (χ4v) is 1.48. The van der Waals surface area contributed by atoms with Crippen LogP contribution in [0.25, 0.3) is 0 Å². The van der Waals surface area contributed by atoms with Gasteiger partial charge in [0, 0.05) is 5.02 Å². The normalized spacial score (nSPS) is 9.64. The van der Waals surface area contributed by atoms with Gasteiger partial charge in [0.15, 0.2) is 0 Å². The summed E-state index contributed by atoms with van der Waals surface area (Å²) in [5.74, 6) is -2.07.